The number of hydrogen-bond acceptors (Lipinski definition) is 5. The maximum absolute atomic E-state index is 11.2. The number of carbonyl (C=O) groups is 2. The molecule has 0 saturated heterocycles. The van der Waals surface area contributed by atoms with Crippen LogP contribution in [-0.4, -0.2) is 37.4 Å². The topological polar surface area (TPSA) is 90.6 Å². The molecular formula is C12H20N2O4. The van der Waals surface area contributed by atoms with Gasteiger partial charge in [-0.25, -0.2) is 4.79 Å². The van der Waals surface area contributed by atoms with Gasteiger partial charge in [0, 0.05) is 6.54 Å². The van der Waals surface area contributed by atoms with Crippen molar-refractivity contribution in [3.63, 3.8) is 0 Å². The van der Waals surface area contributed by atoms with Gasteiger partial charge in [-0.05, 0) is 20.8 Å². The first-order chi connectivity index (χ1) is 8.35. The van der Waals surface area contributed by atoms with E-state index in [0.717, 1.165) is 0 Å². The summed E-state index contributed by atoms with van der Waals surface area (Å²) in [6.45, 7) is 5.70. The van der Waals surface area contributed by atoms with Crippen molar-refractivity contribution in [1.29, 1.82) is 0 Å². The molecule has 0 aliphatic carbocycles. The zero-order valence-corrected chi connectivity index (χ0v) is 11.0. The lowest BCUT2D eigenvalue weighted by molar-refractivity contribution is -0.142. The Labute approximate surface area is 107 Å². The Morgan fingerprint density at radius 1 is 1.28 bits per heavy atom. The quantitative estimate of drug-likeness (QED) is 0.561. The van der Waals surface area contributed by atoms with Crippen LogP contribution in [0.3, 0.4) is 0 Å². The van der Waals surface area contributed by atoms with E-state index in [4.69, 9.17) is 15.2 Å². The van der Waals surface area contributed by atoms with Gasteiger partial charge in [-0.2, -0.15) is 0 Å². The largest absolute Gasteiger partial charge is 0.452 e. The van der Waals surface area contributed by atoms with Crippen molar-refractivity contribution < 1.29 is 19.1 Å². The van der Waals surface area contributed by atoms with Gasteiger partial charge in [-0.3, -0.25) is 4.79 Å². The molecule has 0 aliphatic rings. The summed E-state index contributed by atoms with van der Waals surface area (Å²) in [6, 6.07) is 0. The van der Waals surface area contributed by atoms with E-state index in [1.54, 1.807) is 20.8 Å². The summed E-state index contributed by atoms with van der Waals surface area (Å²) in [5, 5.41) is 2.45. The van der Waals surface area contributed by atoms with E-state index in [2.05, 4.69) is 17.2 Å². The molecule has 0 rings (SSSR count). The molecule has 0 fully saturated rings. The van der Waals surface area contributed by atoms with Crippen LogP contribution in [0.25, 0.3) is 0 Å². The van der Waals surface area contributed by atoms with Gasteiger partial charge >= 0.3 is 12.1 Å². The number of hydrogen-bond donors (Lipinski definition) is 2. The number of amides is 1. The standard InChI is InChI=1S/C12H20N2O4/c1-12(2,3)18-11(16)14-8-6-10(15)17-9-5-4-7-13/h6-9,13H2,1-3H3,(H,14,16). The molecule has 0 heterocycles. The van der Waals surface area contributed by atoms with Gasteiger partial charge < -0.3 is 20.5 Å². The van der Waals surface area contributed by atoms with Crippen LogP contribution >= 0.6 is 0 Å². The number of carbonyl (C=O) groups excluding carboxylic acids is 2. The molecule has 102 valence electrons. The van der Waals surface area contributed by atoms with E-state index in [1.165, 1.54) is 0 Å². The first-order valence-corrected chi connectivity index (χ1v) is 5.63. The summed E-state index contributed by atoms with van der Waals surface area (Å²) < 4.78 is 9.76. The summed E-state index contributed by atoms with van der Waals surface area (Å²) >= 11 is 0. The third-order valence-corrected chi connectivity index (χ3v) is 1.53. The van der Waals surface area contributed by atoms with Gasteiger partial charge in [0.1, 0.15) is 5.60 Å². The lowest BCUT2D eigenvalue weighted by atomic mass is 10.2. The monoisotopic (exact) mass is 256 g/mol. The fraction of sp³-hybridized carbons (Fsp3) is 0.667. The van der Waals surface area contributed by atoms with Gasteiger partial charge in [0.25, 0.3) is 0 Å². The zero-order chi connectivity index (χ0) is 14.0. The molecule has 0 aliphatic heterocycles. The van der Waals surface area contributed by atoms with Crippen molar-refractivity contribution in [1.82, 2.24) is 5.32 Å². The van der Waals surface area contributed by atoms with E-state index < -0.39 is 17.7 Å². The Hall–Kier alpha value is -1.74. The average molecular weight is 256 g/mol. The molecule has 0 radical (unpaired) electrons. The molecule has 0 atom stereocenters. The van der Waals surface area contributed by atoms with Gasteiger partial charge in [0.2, 0.25) is 0 Å². The zero-order valence-electron chi connectivity index (χ0n) is 11.0. The molecule has 0 aromatic heterocycles. The molecule has 1 amide bonds. The van der Waals surface area contributed by atoms with E-state index in [1.807, 2.05) is 0 Å². The van der Waals surface area contributed by atoms with E-state index in [-0.39, 0.29) is 26.1 Å². The highest BCUT2D eigenvalue weighted by Gasteiger charge is 2.15. The number of ether oxygens (including phenoxy) is 2. The van der Waals surface area contributed by atoms with Crippen molar-refractivity contribution in [3.8, 4) is 11.8 Å². The minimum absolute atomic E-state index is 0.0163. The maximum atomic E-state index is 11.2. The summed E-state index contributed by atoms with van der Waals surface area (Å²) in [7, 11) is 0. The summed E-state index contributed by atoms with van der Waals surface area (Å²) in [5.74, 6) is 4.70. The predicted octanol–water partition coefficient (Wildman–Crippen LogP) is 0.407. The predicted molar refractivity (Wildman–Crippen MR) is 66.6 cm³/mol. The number of esters is 1. The summed E-state index contributed by atoms with van der Waals surface area (Å²) in [5.41, 5.74) is 4.58. The average Bonchev–Trinajstić information content (AvgIpc) is 2.22. The van der Waals surface area contributed by atoms with Gasteiger partial charge in [-0.1, -0.05) is 11.8 Å². The second kappa shape index (κ2) is 8.37. The Kier molecular flexibility index (Phi) is 7.56. The second-order valence-corrected chi connectivity index (χ2v) is 4.40. The third kappa shape index (κ3) is 10.8. The fourth-order valence-corrected chi connectivity index (χ4v) is 0.893. The first kappa shape index (κ1) is 16.3. The minimum Gasteiger partial charge on any atom is -0.452 e. The first-order valence-electron chi connectivity index (χ1n) is 5.63. The van der Waals surface area contributed by atoms with Gasteiger partial charge in [0.15, 0.2) is 6.61 Å². The molecule has 0 spiro atoms. The lowest BCUT2D eigenvalue weighted by Crippen LogP contribution is -2.33. The number of nitrogens with two attached hydrogens (primary N) is 1. The highest BCUT2D eigenvalue weighted by molar-refractivity contribution is 5.72. The van der Waals surface area contributed by atoms with Crippen LogP contribution in [0.15, 0.2) is 0 Å². The van der Waals surface area contributed by atoms with Crippen molar-refractivity contribution >= 4 is 12.1 Å². The van der Waals surface area contributed by atoms with Crippen LogP contribution in [-0.2, 0) is 14.3 Å². The van der Waals surface area contributed by atoms with Crippen molar-refractivity contribution in [2.24, 2.45) is 5.73 Å². The Balaban J connectivity index is 3.65. The summed E-state index contributed by atoms with van der Waals surface area (Å²) in [6.07, 6.45) is -0.484. The van der Waals surface area contributed by atoms with Crippen LogP contribution < -0.4 is 11.1 Å². The molecule has 0 aromatic carbocycles. The SMILES string of the molecule is CC(C)(C)OC(=O)NCCC(=O)OCC#CCN. The molecule has 18 heavy (non-hydrogen) atoms. The van der Waals surface area contributed by atoms with Crippen LogP contribution in [0.2, 0.25) is 0 Å². The van der Waals surface area contributed by atoms with Crippen LogP contribution in [0.1, 0.15) is 27.2 Å². The minimum atomic E-state index is -0.557. The highest BCUT2D eigenvalue weighted by Crippen LogP contribution is 2.06. The smallest absolute Gasteiger partial charge is 0.407 e. The Morgan fingerprint density at radius 2 is 1.94 bits per heavy atom. The van der Waals surface area contributed by atoms with Gasteiger partial charge in [0.05, 0.1) is 13.0 Å². The Morgan fingerprint density at radius 3 is 2.50 bits per heavy atom. The van der Waals surface area contributed by atoms with E-state index in [9.17, 15) is 9.59 Å². The summed E-state index contributed by atoms with van der Waals surface area (Å²) in [4.78, 5) is 22.4. The molecular weight excluding hydrogens is 236 g/mol. The molecule has 6 heteroatoms. The van der Waals surface area contributed by atoms with Gasteiger partial charge in [-0.15, -0.1) is 0 Å². The molecule has 6 nitrogen and oxygen atoms in total. The molecule has 3 N–H and O–H groups in total. The van der Waals surface area contributed by atoms with E-state index in [0.29, 0.717) is 0 Å². The normalized spacial score (nSPS) is 10.0. The lowest BCUT2D eigenvalue weighted by Gasteiger charge is -2.19. The van der Waals surface area contributed by atoms with Crippen LogP contribution in [0, 0.1) is 11.8 Å². The van der Waals surface area contributed by atoms with E-state index >= 15 is 0 Å². The highest BCUT2D eigenvalue weighted by atomic mass is 16.6. The van der Waals surface area contributed by atoms with Crippen molar-refractivity contribution in [3.05, 3.63) is 0 Å². The molecule has 0 bridgehead atoms. The molecule has 0 saturated carbocycles. The number of nitrogens with one attached hydrogen (secondary N) is 1. The third-order valence-electron chi connectivity index (χ3n) is 1.53. The number of alkyl carbamates (subject to hydrolysis) is 1. The van der Waals surface area contributed by atoms with Crippen molar-refractivity contribution in [2.75, 3.05) is 19.7 Å². The fourth-order valence-electron chi connectivity index (χ4n) is 0.893. The second-order valence-electron chi connectivity index (χ2n) is 4.40. The number of rotatable bonds is 4. The maximum Gasteiger partial charge on any atom is 0.407 e. The molecule has 0 unspecified atom stereocenters. The molecule has 0 aromatic rings. The Bertz CT molecular complexity index is 336. The van der Waals surface area contributed by atoms with Crippen LogP contribution in [0.5, 0.6) is 0 Å². The van der Waals surface area contributed by atoms with Crippen molar-refractivity contribution in [2.45, 2.75) is 32.8 Å². The van der Waals surface area contributed by atoms with Crippen LogP contribution in [0.4, 0.5) is 4.79 Å².